The predicted octanol–water partition coefficient (Wildman–Crippen LogP) is 4.05. The van der Waals surface area contributed by atoms with Crippen LogP contribution in [0.4, 0.5) is 0 Å². The summed E-state index contributed by atoms with van der Waals surface area (Å²) in [5.74, 6) is -0.0455. The van der Waals surface area contributed by atoms with Crippen molar-refractivity contribution in [2.24, 2.45) is 5.73 Å². The van der Waals surface area contributed by atoms with Crippen molar-refractivity contribution in [3.05, 3.63) is 69.7 Å². The van der Waals surface area contributed by atoms with E-state index in [0.29, 0.717) is 23.0 Å². The lowest BCUT2D eigenvalue weighted by Crippen LogP contribution is -2.39. The lowest BCUT2D eigenvalue weighted by atomic mass is 9.97. The van der Waals surface area contributed by atoms with E-state index < -0.39 is 6.10 Å². The Morgan fingerprint density at radius 1 is 1.08 bits per heavy atom. The number of amides is 1. The first-order chi connectivity index (χ1) is 12.5. The van der Waals surface area contributed by atoms with Crippen LogP contribution in [-0.4, -0.2) is 36.6 Å². The summed E-state index contributed by atoms with van der Waals surface area (Å²) in [6.07, 6.45) is 1.02. The summed E-state index contributed by atoms with van der Waals surface area (Å²) in [5.41, 5.74) is 7.61. The van der Waals surface area contributed by atoms with Gasteiger partial charge in [0, 0.05) is 23.6 Å². The van der Waals surface area contributed by atoms with E-state index in [-0.39, 0.29) is 18.1 Å². The number of nitrogens with two attached hydrogens (primary N) is 1. The molecule has 6 heteroatoms. The maximum absolute atomic E-state index is 13.0. The fourth-order valence-electron chi connectivity index (χ4n) is 3.34. The Hall–Kier alpha value is -1.59. The van der Waals surface area contributed by atoms with Crippen LogP contribution in [0, 0.1) is 0 Å². The molecule has 1 amide bonds. The number of hydrogen-bond donors (Lipinski definition) is 1. The summed E-state index contributed by atoms with van der Waals surface area (Å²) in [6, 6.07) is 14.8. The molecule has 1 aliphatic heterocycles. The van der Waals surface area contributed by atoms with Gasteiger partial charge in [0.25, 0.3) is 5.91 Å². The third-order valence-electron chi connectivity index (χ3n) is 4.75. The summed E-state index contributed by atoms with van der Waals surface area (Å²) in [5, 5.41) is 1.31. The Bertz CT molecular complexity index is 704. The third-order valence-corrected chi connectivity index (χ3v) is 5.26. The van der Waals surface area contributed by atoms with Gasteiger partial charge in [-0.05, 0) is 48.2 Å². The van der Waals surface area contributed by atoms with Crippen LogP contribution in [0.1, 0.15) is 30.0 Å². The number of carbonyl (C=O) groups excluding carboxylic acids is 1. The van der Waals surface area contributed by atoms with Crippen LogP contribution in [0.2, 0.25) is 10.0 Å². The van der Waals surface area contributed by atoms with Crippen LogP contribution in [0.25, 0.3) is 0 Å². The minimum atomic E-state index is -0.448. The second-order valence-corrected chi connectivity index (χ2v) is 7.39. The third kappa shape index (κ3) is 4.21. The molecule has 0 unspecified atom stereocenters. The van der Waals surface area contributed by atoms with Gasteiger partial charge in [-0.3, -0.25) is 4.79 Å². The van der Waals surface area contributed by atoms with Crippen LogP contribution in [0.15, 0.2) is 48.5 Å². The van der Waals surface area contributed by atoms with Gasteiger partial charge in [-0.1, -0.05) is 47.5 Å². The number of benzene rings is 2. The molecule has 2 aromatic carbocycles. The van der Waals surface area contributed by atoms with Gasteiger partial charge >= 0.3 is 0 Å². The molecule has 0 spiro atoms. The molecule has 1 heterocycles. The molecule has 26 heavy (non-hydrogen) atoms. The van der Waals surface area contributed by atoms with Crippen LogP contribution in [0.3, 0.4) is 0 Å². The molecule has 138 valence electrons. The summed E-state index contributed by atoms with van der Waals surface area (Å²) in [6.45, 7) is 0.436. The average molecular weight is 393 g/mol. The van der Waals surface area contributed by atoms with Crippen molar-refractivity contribution >= 4 is 29.1 Å². The highest BCUT2D eigenvalue weighted by Gasteiger charge is 2.34. The standard InChI is InChI=1S/C20H22Cl2N2O2/c1-24(20(25)18-11-10-17(12-23)26-18)19(13-2-6-15(21)7-3-13)14-4-8-16(22)9-5-14/h2-9,17-19H,10-12,23H2,1H3/t17-,18+/m1/s1. The lowest BCUT2D eigenvalue weighted by Gasteiger charge is -2.31. The number of rotatable bonds is 5. The zero-order valence-corrected chi connectivity index (χ0v) is 16.1. The minimum Gasteiger partial charge on any atom is -0.364 e. The topological polar surface area (TPSA) is 55.6 Å². The van der Waals surface area contributed by atoms with Gasteiger partial charge in [0.15, 0.2) is 0 Å². The van der Waals surface area contributed by atoms with Crippen molar-refractivity contribution < 1.29 is 9.53 Å². The molecule has 0 bridgehead atoms. The number of hydrogen-bond acceptors (Lipinski definition) is 3. The molecule has 0 saturated carbocycles. The molecule has 1 fully saturated rings. The summed E-state index contributed by atoms with van der Waals surface area (Å²) >= 11 is 12.1. The fourth-order valence-corrected chi connectivity index (χ4v) is 3.60. The first-order valence-corrected chi connectivity index (χ1v) is 9.38. The van der Waals surface area contributed by atoms with Gasteiger partial charge in [-0.25, -0.2) is 0 Å². The Morgan fingerprint density at radius 2 is 1.58 bits per heavy atom. The molecule has 0 aromatic heterocycles. The molecule has 0 radical (unpaired) electrons. The van der Waals surface area contributed by atoms with Crippen molar-refractivity contribution in [2.45, 2.75) is 31.1 Å². The maximum atomic E-state index is 13.0. The van der Waals surface area contributed by atoms with E-state index in [2.05, 4.69) is 0 Å². The maximum Gasteiger partial charge on any atom is 0.252 e. The van der Waals surface area contributed by atoms with Crippen molar-refractivity contribution in [3.63, 3.8) is 0 Å². The Kier molecular flexibility index (Phi) is 6.20. The monoisotopic (exact) mass is 392 g/mol. The normalized spacial score (nSPS) is 19.7. The van der Waals surface area contributed by atoms with Gasteiger partial charge in [0.2, 0.25) is 0 Å². The van der Waals surface area contributed by atoms with Gasteiger partial charge in [-0.15, -0.1) is 0 Å². The van der Waals surface area contributed by atoms with Gasteiger partial charge in [0.1, 0.15) is 6.10 Å². The molecule has 2 atom stereocenters. The van der Waals surface area contributed by atoms with Gasteiger partial charge in [0.05, 0.1) is 12.1 Å². The van der Waals surface area contributed by atoms with E-state index >= 15 is 0 Å². The summed E-state index contributed by atoms with van der Waals surface area (Å²) in [4.78, 5) is 14.8. The first-order valence-electron chi connectivity index (χ1n) is 8.62. The molecular weight excluding hydrogens is 371 g/mol. The Morgan fingerprint density at radius 3 is 2.00 bits per heavy atom. The molecule has 1 saturated heterocycles. The van der Waals surface area contributed by atoms with Gasteiger partial charge < -0.3 is 15.4 Å². The van der Waals surface area contributed by atoms with E-state index in [0.717, 1.165) is 17.5 Å². The summed E-state index contributed by atoms with van der Waals surface area (Å²) < 4.78 is 5.80. The van der Waals surface area contributed by atoms with E-state index in [4.69, 9.17) is 33.7 Å². The van der Waals surface area contributed by atoms with Crippen LogP contribution >= 0.6 is 23.2 Å². The van der Waals surface area contributed by atoms with Crippen molar-refractivity contribution in [2.75, 3.05) is 13.6 Å². The molecule has 2 N–H and O–H groups in total. The van der Waals surface area contributed by atoms with E-state index in [1.165, 1.54) is 0 Å². The van der Waals surface area contributed by atoms with Crippen molar-refractivity contribution in [1.82, 2.24) is 4.90 Å². The number of halogens is 2. The highest BCUT2D eigenvalue weighted by molar-refractivity contribution is 6.30. The number of likely N-dealkylation sites (N-methyl/N-ethyl adjacent to an activating group) is 1. The first kappa shape index (κ1) is 19.2. The van der Waals surface area contributed by atoms with Crippen LogP contribution in [0.5, 0.6) is 0 Å². The molecular formula is C20H22Cl2N2O2. The zero-order chi connectivity index (χ0) is 18.7. The highest BCUT2D eigenvalue weighted by atomic mass is 35.5. The zero-order valence-electron chi connectivity index (χ0n) is 14.6. The second kappa shape index (κ2) is 8.40. The SMILES string of the molecule is CN(C(=O)[C@@H]1CC[C@H](CN)O1)C(c1ccc(Cl)cc1)c1ccc(Cl)cc1. The lowest BCUT2D eigenvalue weighted by molar-refractivity contribution is -0.143. The van der Waals surface area contributed by atoms with E-state index in [9.17, 15) is 4.79 Å². The Balaban J connectivity index is 1.90. The molecule has 4 nitrogen and oxygen atoms in total. The number of ether oxygens (including phenoxy) is 1. The van der Waals surface area contributed by atoms with Crippen LogP contribution in [-0.2, 0) is 9.53 Å². The molecule has 0 aliphatic carbocycles. The second-order valence-electron chi connectivity index (χ2n) is 6.51. The predicted molar refractivity (Wildman–Crippen MR) is 104 cm³/mol. The fraction of sp³-hybridized carbons (Fsp3) is 0.350. The highest BCUT2D eigenvalue weighted by Crippen LogP contribution is 2.31. The van der Waals surface area contributed by atoms with E-state index in [1.54, 1.807) is 11.9 Å². The number of nitrogens with zero attached hydrogens (tertiary/aromatic N) is 1. The van der Waals surface area contributed by atoms with Crippen molar-refractivity contribution in [1.29, 1.82) is 0 Å². The largest absolute Gasteiger partial charge is 0.364 e. The average Bonchev–Trinajstić information content (AvgIpc) is 3.13. The summed E-state index contributed by atoms with van der Waals surface area (Å²) in [7, 11) is 1.80. The smallest absolute Gasteiger partial charge is 0.252 e. The van der Waals surface area contributed by atoms with Gasteiger partial charge in [-0.2, -0.15) is 0 Å². The Labute approximate surface area is 163 Å². The minimum absolute atomic E-state index is 0.0399. The molecule has 2 aromatic rings. The molecule has 3 rings (SSSR count). The van der Waals surface area contributed by atoms with Crippen LogP contribution < -0.4 is 5.73 Å². The molecule has 1 aliphatic rings. The quantitative estimate of drug-likeness (QED) is 0.834. The van der Waals surface area contributed by atoms with E-state index in [1.807, 2.05) is 48.5 Å². The van der Waals surface area contributed by atoms with Crippen molar-refractivity contribution in [3.8, 4) is 0 Å². The number of carbonyl (C=O) groups is 1.